The third kappa shape index (κ3) is 12.3. The molecule has 0 radical (unpaired) electrons. The third-order valence-electron chi connectivity index (χ3n) is 9.73. The molecule has 3 amide bonds. The Kier molecular flexibility index (Phi) is 15.2. The molecule has 14 heteroatoms. The average molecular weight is 837 g/mol. The Balaban J connectivity index is 1.18. The van der Waals surface area contributed by atoms with Crippen LogP contribution in [0, 0.1) is 11.3 Å². The average Bonchev–Trinajstić information content (AvgIpc) is 3.25. The van der Waals surface area contributed by atoms with Gasteiger partial charge in [0.25, 0.3) is 11.8 Å². The van der Waals surface area contributed by atoms with Crippen molar-refractivity contribution in [1.82, 2.24) is 10.6 Å². The summed E-state index contributed by atoms with van der Waals surface area (Å²) < 4.78 is 5.87. The number of nitrogens with zero attached hydrogens (tertiary/aromatic N) is 1. The van der Waals surface area contributed by atoms with E-state index in [4.69, 9.17) is 20.8 Å². The largest absolute Gasteiger partial charge is 0.504 e. The predicted octanol–water partition coefficient (Wildman–Crippen LogP) is 5.36. The quantitative estimate of drug-likeness (QED) is 0.0625. The Labute approximate surface area is 357 Å². The molecular formula is C48H44N4O10. The summed E-state index contributed by atoms with van der Waals surface area (Å²) in [6.07, 6.45) is -0.858. The van der Waals surface area contributed by atoms with Crippen molar-refractivity contribution in [2.24, 2.45) is 5.73 Å². The molecule has 5 aromatic rings. The van der Waals surface area contributed by atoms with E-state index in [1.807, 2.05) is 6.07 Å². The van der Waals surface area contributed by atoms with Gasteiger partial charge in [-0.25, -0.2) is 4.79 Å². The van der Waals surface area contributed by atoms with Crippen molar-refractivity contribution in [2.75, 3.05) is 6.54 Å². The van der Waals surface area contributed by atoms with Crippen LogP contribution in [0.4, 0.5) is 0 Å². The molecule has 0 bridgehead atoms. The SMILES string of the molecule is CC(C)Oc1c(CC(=O)c2ccc(CC(=O)[C@H](CC(N)=O)NC(=O)c3ccc(CCNC(=O)c4ccc(C#N)cc4)cc3)cc2)ccc(C(=O)Cc2ccc(C(=O)O)cc2)c1O. The molecule has 0 spiro atoms. The van der Waals surface area contributed by atoms with Crippen LogP contribution in [0.1, 0.15) is 99.9 Å². The maximum absolute atomic E-state index is 13.5. The van der Waals surface area contributed by atoms with E-state index in [1.165, 1.54) is 48.5 Å². The second-order valence-electron chi connectivity index (χ2n) is 14.7. The number of primary amides is 1. The number of amides is 3. The second-order valence-corrected chi connectivity index (χ2v) is 14.7. The molecule has 0 aliphatic rings. The van der Waals surface area contributed by atoms with Crippen molar-refractivity contribution < 1.29 is 48.5 Å². The van der Waals surface area contributed by atoms with Crippen LogP contribution in [-0.4, -0.2) is 69.9 Å². The highest BCUT2D eigenvalue weighted by Crippen LogP contribution is 2.36. The lowest BCUT2D eigenvalue weighted by molar-refractivity contribution is -0.125. The zero-order chi connectivity index (χ0) is 44.9. The van der Waals surface area contributed by atoms with Gasteiger partial charge in [-0.05, 0) is 91.6 Å². The first-order chi connectivity index (χ1) is 29.6. The van der Waals surface area contributed by atoms with Gasteiger partial charge in [-0.1, -0.05) is 54.6 Å². The molecule has 0 saturated heterocycles. The van der Waals surface area contributed by atoms with Crippen LogP contribution in [0.3, 0.4) is 0 Å². The minimum Gasteiger partial charge on any atom is -0.504 e. The smallest absolute Gasteiger partial charge is 0.335 e. The van der Waals surface area contributed by atoms with Gasteiger partial charge in [-0.2, -0.15) is 5.26 Å². The number of hydrogen-bond donors (Lipinski definition) is 5. The Bertz CT molecular complexity index is 2520. The number of ether oxygens (including phenoxy) is 1. The maximum atomic E-state index is 13.5. The number of phenols is 1. The highest BCUT2D eigenvalue weighted by atomic mass is 16.5. The molecule has 62 heavy (non-hydrogen) atoms. The predicted molar refractivity (Wildman–Crippen MR) is 227 cm³/mol. The molecule has 316 valence electrons. The van der Waals surface area contributed by atoms with Crippen LogP contribution in [0.2, 0.25) is 0 Å². The number of rotatable bonds is 20. The zero-order valence-corrected chi connectivity index (χ0v) is 34.0. The highest BCUT2D eigenvalue weighted by molar-refractivity contribution is 6.03. The van der Waals surface area contributed by atoms with Gasteiger partial charge in [-0.15, -0.1) is 0 Å². The number of carbonyl (C=O) groups is 7. The lowest BCUT2D eigenvalue weighted by Crippen LogP contribution is -2.44. The Morgan fingerprint density at radius 3 is 1.81 bits per heavy atom. The summed E-state index contributed by atoms with van der Waals surface area (Å²) in [6, 6.07) is 28.6. The van der Waals surface area contributed by atoms with Crippen molar-refractivity contribution in [3.05, 3.63) is 165 Å². The van der Waals surface area contributed by atoms with Crippen molar-refractivity contribution in [1.29, 1.82) is 5.26 Å². The van der Waals surface area contributed by atoms with Crippen molar-refractivity contribution >= 4 is 41.0 Å². The van der Waals surface area contributed by atoms with Gasteiger partial charge in [-0.3, -0.25) is 28.8 Å². The van der Waals surface area contributed by atoms with Gasteiger partial charge in [0.2, 0.25) is 5.91 Å². The first-order valence-corrected chi connectivity index (χ1v) is 19.6. The normalized spacial score (nSPS) is 11.2. The Morgan fingerprint density at radius 1 is 0.677 bits per heavy atom. The lowest BCUT2D eigenvalue weighted by Gasteiger charge is -2.18. The number of carbonyl (C=O) groups excluding carboxylic acids is 6. The van der Waals surface area contributed by atoms with Crippen LogP contribution in [0.5, 0.6) is 11.5 Å². The molecular weight excluding hydrogens is 793 g/mol. The summed E-state index contributed by atoms with van der Waals surface area (Å²) >= 11 is 0. The number of aromatic hydroxyl groups is 1. The number of carboxylic acid groups (broad SMARTS) is 1. The van der Waals surface area contributed by atoms with E-state index >= 15 is 0 Å². The summed E-state index contributed by atoms with van der Waals surface area (Å²) in [5, 5.41) is 34.7. The fourth-order valence-corrected chi connectivity index (χ4v) is 6.43. The molecule has 0 aliphatic heterocycles. The number of hydrogen-bond acceptors (Lipinski definition) is 10. The number of carboxylic acids is 1. The van der Waals surface area contributed by atoms with Crippen LogP contribution in [0.15, 0.2) is 109 Å². The van der Waals surface area contributed by atoms with E-state index in [9.17, 15) is 38.7 Å². The Morgan fingerprint density at radius 2 is 1.23 bits per heavy atom. The van der Waals surface area contributed by atoms with E-state index in [1.54, 1.807) is 74.5 Å². The van der Waals surface area contributed by atoms with Gasteiger partial charge in [0, 0.05) is 48.1 Å². The van der Waals surface area contributed by atoms with E-state index < -0.39 is 53.7 Å². The summed E-state index contributed by atoms with van der Waals surface area (Å²) in [4.78, 5) is 88.7. The third-order valence-corrected chi connectivity index (χ3v) is 9.73. The van der Waals surface area contributed by atoms with Crippen molar-refractivity contribution in [3.63, 3.8) is 0 Å². The van der Waals surface area contributed by atoms with E-state index in [2.05, 4.69) is 10.6 Å². The fourth-order valence-electron chi connectivity index (χ4n) is 6.43. The molecule has 0 aromatic heterocycles. The first-order valence-electron chi connectivity index (χ1n) is 19.6. The molecule has 5 rings (SSSR count). The number of nitrogens with one attached hydrogen (secondary N) is 2. The van der Waals surface area contributed by atoms with E-state index in [-0.39, 0.29) is 53.4 Å². The number of benzene rings is 5. The number of phenolic OH excluding ortho intramolecular Hbond substituents is 1. The fraction of sp³-hybridized carbons (Fsp3) is 0.208. The summed E-state index contributed by atoms with van der Waals surface area (Å²) in [5.74, 6) is -4.46. The monoisotopic (exact) mass is 836 g/mol. The van der Waals surface area contributed by atoms with E-state index in [0.717, 1.165) is 5.56 Å². The highest BCUT2D eigenvalue weighted by Gasteiger charge is 2.25. The molecule has 5 aromatic carbocycles. The lowest BCUT2D eigenvalue weighted by atomic mass is 9.95. The number of nitrogens with two attached hydrogens (primary N) is 1. The molecule has 0 saturated carbocycles. The number of ketones is 3. The standard InChI is InChI=1S/C48H44N4O10/c1-28(2)62-45-37(19-20-38(44(45)57)41(54)23-30-7-17-36(18-8-30)48(60)61)25-40(53)33-11-5-31(6-12-33)24-42(55)39(26-43(50)56)52-47(59)35-13-3-29(4-14-35)21-22-51-46(58)34-15-9-32(27-49)10-16-34/h3-20,28,39,57H,21-26H2,1-2H3,(H2,50,56)(H,51,58)(H,52,59)(H,60,61)/t39-/m0/s1. The summed E-state index contributed by atoms with van der Waals surface area (Å²) in [7, 11) is 0. The molecule has 0 heterocycles. The topological polar surface area (TPSA) is 243 Å². The van der Waals surface area contributed by atoms with E-state index in [0.29, 0.717) is 46.3 Å². The number of aromatic carboxylic acids is 1. The van der Waals surface area contributed by atoms with Gasteiger partial charge in [0.05, 0.1) is 41.3 Å². The van der Waals surface area contributed by atoms with Gasteiger partial charge in [0.1, 0.15) is 0 Å². The van der Waals surface area contributed by atoms with Crippen LogP contribution >= 0.6 is 0 Å². The van der Waals surface area contributed by atoms with Crippen LogP contribution in [-0.2, 0) is 35.3 Å². The molecule has 0 fully saturated rings. The van der Waals surface area contributed by atoms with Crippen LogP contribution in [0.25, 0.3) is 0 Å². The first kappa shape index (κ1) is 45.2. The summed E-state index contributed by atoms with van der Waals surface area (Å²) in [6.45, 7) is 3.78. The van der Waals surface area contributed by atoms with Crippen molar-refractivity contribution in [2.45, 2.75) is 58.1 Å². The number of nitriles is 1. The molecule has 0 aliphatic carbocycles. The van der Waals surface area contributed by atoms with Gasteiger partial charge < -0.3 is 31.3 Å². The molecule has 0 unspecified atom stereocenters. The Hall–Kier alpha value is -7.92. The van der Waals surface area contributed by atoms with Gasteiger partial charge >= 0.3 is 5.97 Å². The molecule has 14 nitrogen and oxygen atoms in total. The second kappa shape index (κ2) is 20.9. The maximum Gasteiger partial charge on any atom is 0.335 e. The van der Waals surface area contributed by atoms with Crippen molar-refractivity contribution in [3.8, 4) is 17.6 Å². The zero-order valence-electron chi connectivity index (χ0n) is 34.0. The van der Waals surface area contributed by atoms with Crippen LogP contribution < -0.4 is 21.1 Å². The minimum absolute atomic E-state index is 0.0107. The summed E-state index contributed by atoms with van der Waals surface area (Å²) in [5.41, 5.74) is 9.11. The van der Waals surface area contributed by atoms with Gasteiger partial charge in [0.15, 0.2) is 28.8 Å². The molecule has 1 atom stereocenters. The number of Topliss-reactive ketones (excluding diaryl/α,β-unsaturated/α-hetero) is 3. The minimum atomic E-state index is -1.22. The molecule has 6 N–H and O–H groups in total.